The summed E-state index contributed by atoms with van der Waals surface area (Å²) in [6, 6.07) is 1.98. The zero-order valence-corrected chi connectivity index (χ0v) is 12.4. The molecule has 12 heavy (non-hydrogen) atoms. The van der Waals surface area contributed by atoms with Gasteiger partial charge in [-0.15, -0.1) is 0 Å². The van der Waals surface area contributed by atoms with E-state index >= 15 is 0 Å². The standard InChI is InChI=1S/C7H6I3NO/c8-4-1-5(9)7(11)6(10)3(4)2-12/h1,12H,2,11H2. The Kier molecular flexibility index (Phi) is 4.31. The maximum atomic E-state index is 9.05. The van der Waals surface area contributed by atoms with Gasteiger partial charge in [0.2, 0.25) is 0 Å². The number of nitrogen functional groups attached to an aromatic ring is 1. The second-order valence-corrected chi connectivity index (χ2v) is 5.61. The molecule has 5 heteroatoms. The number of hydrogen-bond donors (Lipinski definition) is 2. The third-order valence-electron chi connectivity index (χ3n) is 1.46. The minimum Gasteiger partial charge on any atom is -0.397 e. The van der Waals surface area contributed by atoms with Crippen LogP contribution in [0.25, 0.3) is 0 Å². The second kappa shape index (κ2) is 4.60. The number of aliphatic hydroxyl groups is 1. The maximum absolute atomic E-state index is 9.05. The van der Waals surface area contributed by atoms with Gasteiger partial charge >= 0.3 is 0 Å². The fraction of sp³-hybridized carbons (Fsp3) is 0.143. The van der Waals surface area contributed by atoms with Gasteiger partial charge in [0.05, 0.1) is 12.3 Å². The van der Waals surface area contributed by atoms with Crippen LogP contribution < -0.4 is 5.73 Å². The van der Waals surface area contributed by atoms with E-state index in [-0.39, 0.29) is 6.61 Å². The van der Waals surface area contributed by atoms with Gasteiger partial charge < -0.3 is 10.8 Å². The van der Waals surface area contributed by atoms with Gasteiger partial charge in [-0.05, 0) is 73.8 Å². The SMILES string of the molecule is Nc1c(I)cc(I)c(CO)c1I. The number of anilines is 1. The number of aliphatic hydroxyl groups excluding tert-OH is 1. The molecular weight excluding hydrogens is 495 g/mol. The molecule has 3 N–H and O–H groups in total. The number of halogens is 3. The highest BCUT2D eigenvalue weighted by atomic mass is 127. The van der Waals surface area contributed by atoms with Crippen LogP contribution >= 0.6 is 67.8 Å². The van der Waals surface area contributed by atoms with Crippen LogP contribution in [0.5, 0.6) is 0 Å². The van der Waals surface area contributed by atoms with Gasteiger partial charge in [0, 0.05) is 16.3 Å². The molecular formula is C7H6I3NO. The number of nitrogens with two attached hydrogens (primary N) is 1. The molecule has 1 aromatic rings. The van der Waals surface area contributed by atoms with E-state index in [0.29, 0.717) is 0 Å². The summed E-state index contributed by atoms with van der Waals surface area (Å²) >= 11 is 6.56. The Morgan fingerprint density at radius 3 is 2.33 bits per heavy atom. The third-order valence-corrected chi connectivity index (χ3v) is 4.55. The largest absolute Gasteiger partial charge is 0.397 e. The molecule has 0 spiro atoms. The van der Waals surface area contributed by atoms with Crippen molar-refractivity contribution in [1.29, 1.82) is 0 Å². The Morgan fingerprint density at radius 1 is 1.25 bits per heavy atom. The molecule has 0 atom stereocenters. The van der Waals surface area contributed by atoms with Gasteiger partial charge in [-0.3, -0.25) is 0 Å². The lowest BCUT2D eigenvalue weighted by molar-refractivity contribution is 0.280. The summed E-state index contributed by atoms with van der Waals surface area (Å²) in [7, 11) is 0. The molecule has 0 aromatic heterocycles. The van der Waals surface area contributed by atoms with Crippen LogP contribution in [0.1, 0.15) is 5.56 Å². The lowest BCUT2D eigenvalue weighted by Crippen LogP contribution is -2.01. The molecule has 0 radical (unpaired) electrons. The molecule has 0 aliphatic rings. The smallest absolute Gasteiger partial charge is 0.0703 e. The lowest BCUT2D eigenvalue weighted by Gasteiger charge is -2.08. The van der Waals surface area contributed by atoms with E-state index in [4.69, 9.17) is 10.8 Å². The van der Waals surface area contributed by atoms with Gasteiger partial charge in [-0.1, -0.05) is 0 Å². The van der Waals surface area contributed by atoms with Crippen LogP contribution in [-0.2, 0) is 6.61 Å². The van der Waals surface area contributed by atoms with Crippen molar-refractivity contribution in [2.24, 2.45) is 0 Å². The molecule has 0 aliphatic heterocycles. The molecule has 0 bridgehead atoms. The van der Waals surface area contributed by atoms with Gasteiger partial charge in [0.15, 0.2) is 0 Å². The Hall–Kier alpha value is 1.17. The van der Waals surface area contributed by atoms with Crippen molar-refractivity contribution in [3.05, 3.63) is 22.3 Å². The zero-order chi connectivity index (χ0) is 9.30. The summed E-state index contributed by atoms with van der Waals surface area (Å²) in [6.07, 6.45) is 0. The van der Waals surface area contributed by atoms with Crippen LogP contribution in [0.4, 0.5) is 5.69 Å². The Morgan fingerprint density at radius 2 is 1.83 bits per heavy atom. The monoisotopic (exact) mass is 501 g/mol. The maximum Gasteiger partial charge on any atom is 0.0703 e. The molecule has 0 fully saturated rings. The number of hydrogen-bond acceptors (Lipinski definition) is 2. The first-order valence-corrected chi connectivity index (χ1v) is 6.34. The van der Waals surface area contributed by atoms with Crippen LogP contribution in [0, 0.1) is 10.7 Å². The van der Waals surface area contributed by atoms with E-state index in [1.54, 1.807) is 0 Å². The third kappa shape index (κ3) is 2.15. The molecule has 1 aromatic carbocycles. The molecule has 0 amide bonds. The van der Waals surface area contributed by atoms with Crippen LogP contribution in [0.2, 0.25) is 0 Å². The van der Waals surface area contributed by atoms with E-state index < -0.39 is 0 Å². The van der Waals surface area contributed by atoms with Gasteiger partial charge in [-0.25, -0.2) is 0 Å². The molecule has 0 heterocycles. The van der Waals surface area contributed by atoms with Crippen molar-refractivity contribution in [2.75, 3.05) is 5.73 Å². The topological polar surface area (TPSA) is 46.2 Å². The molecule has 0 saturated carbocycles. The summed E-state index contributed by atoms with van der Waals surface area (Å²) in [4.78, 5) is 0. The summed E-state index contributed by atoms with van der Waals surface area (Å²) in [5, 5.41) is 9.05. The Labute approximate surface area is 112 Å². The van der Waals surface area contributed by atoms with Crippen molar-refractivity contribution in [2.45, 2.75) is 6.61 Å². The van der Waals surface area contributed by atoms with Crippen molar-refractivity contribution >= 4 is 73.5 Å². The van der Waals surface area contributed by atoms with Crippen molar-refractivity contribution in [3.8, 4) is 0 Å². The minimum atomic E-state index is 0.0532. The predicted octanol–water partition coefficient (Wildman–Crippen LogP) is 2.57. The van der Waals surface area contributed by atoms with Gasteiger partial charge in [-0.2, -0.15) is 0 Å². The molecule has 0 saturated heterocycles. The summed E-state index contributed by atoms with van der Waals surface area (Å²) < 4.78 is 3.07. The summed E-state index contributed by atoms with van der Waals surface area (Å²) in [5.74, 6) is 0. The van der Waals surface area contributed by atoms with Crippen LogP contribution in [0.3, 0.4) is 0 Å². The fourth-order valence-electron chi connectivity index (χ4n) is 0.793. The first-order valence-electron chi connectivity index (χ1n) is 3.10. The molecule has 0 aliphatic carbocycles. The highest BCUT2D eigenvalue weighted by Gasteiger charge is 2.10. The van der Waals surface area contributed by atoms with E-state index in [0.717, 1.165) is 22.0 Å². The molecule has 66 valence electrons. The minimum absolute atomic E-state index is 0.0532. The first kappa shape index (κ1) is 11.2. The van der Waals surface area contributed by atoms with Crippen molar-refractivity contribution in [3.63, 3.8) is 0 Å². The van der Waals surface area contributed by atoms with E-state index in [2.05, 4.69) is 67.8 Å². The average Bonchev–Trinajstić information content (AvgIpc) is 2.01. The highest BCUT2D eigenvalue weighted by Crippen LogP contribution is 2.29. The Bertz CT molecular complexity index is 314. The quantitative estimate of drug-likeness (QED) is 0.460. The predicted molar refractivity (Wildman–Crippen MR) is 74.9 cm³/mol. The van der Waals surface area contributed by atoms with Crippen molar-refractivity contribution in [1.82, 2.24) is 0 Å². The molecule has 2 nitrogen and oxygen atoms in total. The van der Waals surface area contributed by atoms with Crippen LogP contribution in [-0.4, -0.2) is 5.11 Å². The van der Waals surface area contributed by atoms with E-state index in [1.807, 2.05) is 6.07 Å². The first-order chi connectivity index (χ1) is 5.57. The summed E-state index contributed by atoms with van der Waals surface area (Å²) in [6.45, 7) is 0.0532. The highest BCUT2D eigenvalue weighted by molar-refractivity contribution is 14.1. The lowest BCUT2D eigenvalue weighted by atomic mass is 10.2. The molecule has 1 rings (SSSR count). The average molecular weight is 501 g/mol. The Balaban J connectivity index is 3.40. The second-order valence-electron chi connectivity index (χ2n) is 2.20. The summed E-state index contributed by atoms with van der Waals surface area (Å²) in [5.41, 5.74) is 7.49. The van der Waals surface area contributed by atoms with Gasteiger partial charge in [0.25, 0.3) is 0 Å². The van der Waals surface area contributed by atoms with E-state index in [9.17, 15) is 0 Å². The normalized spacial score (nSPS) is 10.3. The molecule has 0 unspecified atom stereocenters. The van der Waals surface area contributed by atoms with Crippen molar-refractivity contribution < 1.29 is 5.11 Å². The fourth-order valence-corrected chi connectivity index (χ4v) is 4.51. The zero-order valence-electron chi connectivity index (χ0n) is 5.94. The van der Waals surface area contributed by atoms with Gasteiger partial charge in [0.1, 0.15) is 0 Å². The van der Waals surface area contributed by atoms with Crippen LogP contribution in [0.15, 0.2) is 6.07 Å². The van der Waals surface area contributed by atoms with E-state index in [1.165, 1.54) is 0 Å². The number of benzene rings is 1. The number of rotatable bonds is 1.